The fourth-order valence-electron chi connectivity index (χ4n) is 2.60. The molecule has 19 heavy (non-hydrogen) atoms. The van der Waals surface area contributed by atoms with Crippen LogP contribution < -0.4 is 4.90 Å². The van der Waals surface area contributed by atoms with Gasteiger partial charge in [-0.2, -0.15) is 0 Å². The smallest absolute Gasteiger partial charge is 0.335 e. The van der Waals surface area contributed by atoms with Crippen molar-refractivity contribution in [2.75, 3.05) is 24.6 Å². The lowest BCUT2D eigenvalue weighted by Crippen LogP contribution is -2.37. The van der Waals surface area contributed by atoms with Crippen molar-refractivity contribution in [2.24, 2.45) is 0 Å². The first-order valence-corrected chi connectivity index (χ1v) is 6.82. The molecule has 104 valence electrons. The highest BCUT2D eigenvalue weighted by molar-refractivity contribution is 5.89. The summed E-state index contributed by atoms with van der Waals surface area (Å²) in [5.74, 6) is -0.862. The number of hydrogen-bond donors (Lipinski definition) is 1. The van der Waals surface area contributed by atoms with Gasteiger partial charge in [-0.3, -0.25) is 0 Å². The quantitative estimate of drug-likeness (QED) is 0.907. The highest BCUT2D eigenvalue weighted by Crippen LogP contribution is 2.24. The number of aromatic carboxylic acids is 1. The van der Waals surface area contributed by atoms with Crippen LogP contribution in [0.5, 0.6) is 0 Å². The molecule has 1 aliphatic heterocycles. The molecule has 1 N–H and O–H groups in total. The number of hydrogen-bond acceptors (Lipinski definition) is 3. The van der Waals surface area contributed by atoms with Crippen molar-refractivity contribution in [3.05, 3.63) is 29.3 Å². The Kier molecular flexibility index (Phi) is 4.43. The Morgan fingerprint density at radius 3 is 2.63 bits per heavy atom. The number of piperidine rings is 1. The third-order valence-corrected chi connectivity index (χ3v) is 3.65. The third kappa shape index (κ3) is 3.26. The van der Waals surface area contributed by atoms with Gasteiger partial charge in [0.2, 0.25) is 0 Å². The summed E-state index contributed by atoms with van der Waals surface area (Å²) in [7, 11) is 0. The summed E-state index contributed by atoms with van der Waals surface area (Å²) in [4.78, 5) is 13.3. The Morgan fingerprint density at radius 1 is 1.42 bits per heavy atom. The van der Waals surface area contributed by atoms with Crippen LogP contribution in [0.2, 0.25) is 0 Å². The molecule has 1 saturated heterocycles. The van der Waals surface area contributed by atoms with Gasteiger partial charge in [0.25, 0.3) is 0 Å². The lowest BCUT2D eigenvalue weighted by atomic mass is 10.0. The van der Waals surface area contributed by atoms with Crippen LogP contribution in [0.15, 0.2) is 18.2 Å². The van der Waals surface area contributed by atoms with Crippen molar-refractivity contribution in [1.82, 2.24) is 0 Å². The maximum absolute atomic E-state index is 11.0. The Morgan fingerprint density at radius 2 is 2.11 bits per heavy atom. The number of nitrogens with zero attached hydrogens (tertiary/aromatic N) is 1. The second-order valence-electron chi connectivity index (χ2n) is 4.95. The molecule has 0 aromatic heterocycles. The van der Waals surface area contributed by atoms with Gasteiger partial charge >= 0.3 is 5.97 Å². The van der Waals surface area contributed by atoms with E-state index in [1.165, 1.54) is 0 Å². The zero-order valence-corrected chi connectivity index (χ0v) is 11.6. The summed E-state index contributed by atoms with van der Waals surface area (Å²) in [6.07, 6.45) is 2.45. The lowest BCUT2D eigenvalue weighted by Gasteiger charge is -2.33. The second kappa shape index (κ2) is 6.06. The van der Waals surface area contributed by atoms with E-state index in [1.807, 2.05) is 26.0 Å². The van der Waals surface area contributed by atoms with E-state index in [0.29, 0.717) is 11.7 Å². The molecule has 1 fully saturated rings. The van der Waals surface area contributed by atoms with Crippen molar-refractivity contribution in [3.8, 4) is 0 Å². The molecule has 0 bridgehead atoms. The van der Waals surface area contributed by atoms with E-state index in [0.717, 1.165) is 43.8 Å². The number of anilines is 1. The number of benzene rings is 1. The third-order valence-electron chi connectivity index (χ3n) is 3.65. The van der Waals surface area contributed by atoms with E-state index < -0.39 is 5.97 Å². The maximum Gasteiger partial charge on any atom is 0.335 e. The lowest BCUT2D eigenvalue weighted by molar-refractivity contribution is 0.0459. The molecular formula is C15H21NO3. The Bertz CT molecular complexity index is 451. The van der Waals surface area contributed by atoms with Crippen LogP contribution in [-0.2, 0) is 4.74 Å². The van der Waals surface area contributed by atoms with Crippen LogP contribution >= 0.6 is 0 Å². The van der Waals surface area contributed by atoms with Gasteiger partial charge in [-0.1, -0.05) is 0 Å². The van der Waals surface area contributed by atoms with E-state index in [1.54, 1.807) is 6.07 Å². The van der Waals surface area contributed by atoms with Gasteiger partial charge in [0.05, 0.1) is 11.7 Å². The van der Waals surface area contributed by atoms with Gasteiger partial charge in [-0.05, 0) is 50.5 Å². The van der Waals surface area contributed by atoms with E-state index in [-0.39, 0.29) is 0 Å². The zero-order chi connectivity index (χ0) is 13.8. The molecule has 0 radical (unpaired) electrons. The van der Waals surface area contributed by atoms with Gasteiger partial charge in [-0.25, -0.2) is 4.79 Å². The predicted molar refractivity (Wildman–Crippen MR) is 75.0 cm³/mol. The molecule has 1 aliphatic rings. The number of ether oxygens (including phenoxy) is 1. The minimum atomic E-state index is -0.862. The van der Waals surface area contributed by atoms with Crippen LogP contribution in [0.25, 0.3) is 0 Å². The first-order chi connectivity index (χ1) is 9.11. The molecule has 1 aromatic carbocycles. The number of carboxylic acid groups (broad SMARTS) is 1. The SMILES string of the molecule is CCOC1CCN(c2ccc(C(=O)O)c(C)c2)CC1. The normalized spacial score (nSPS) is 16.6. The van der Waals surface area contributed by atoms with Crippen molar-refractivity contribution in [2.45, 2.75) is 32.8 Å². The summed E-state index contributed by atoms with van der Waals surface area (Å²) in [5.41, 5.74) is 2.31. The molecule has 4 nitrogen and oxygen atoms in total. The van der Waals surface area contributed by atoms with Gasteiger partial charge < -0.3 is 14.7 Å². The van der Waals surface area contributed by atoms with Crippen molar-refractivity contribution in [1.29, 1.82) is 0 Å². The topological polar surface area (TPSA) is 49.8 Å². The van der Waals surface area contributed by atoms with E-state index in [4.69, 9.17) is 9.84 Å². The predicted octanol–water partition coefficient (Wildman–Crippen LogP) is 2.70. The Hall–Kier alpha value is -1.55. The minimum Gasteiger partial charge on any atom is -0.478 e. The van der Waals surface area contributed by atoms with Gasteiger partial charge in [0, 0.05) is 25.4 Å². The molecular weight excluding hydrogens is 242 g/mol. The first kappa shape index (κ1) is 13.9. The molecule has 0 amide bonds. The fraction of sp³-hybridized carbons (Fsp3) is 0.533. The molecule has 2 rings (SSSR count). The van der Waals surface area contributed by atoms with E-state index >= 15 is 0 Å². The van der Waals surface area contributed by atoms with Crippen molar-refractivity contribution in [3.63, 3.8) is 0 Å². The molecule has 0 spiro atoms. The summed E-state index contributed by atoms with van der Waals surface area (Å²) >= 11 is 0. The number of carboxylic acids is 1. The summed E-state index contributed by atoms with van der Waals surface area (Å²) in [6.45, 7) is 6.59. The average Bonchev–Trinajstić information content (AvgIpc) is 2.39. The van der Waals surface area contributed by atoms with Crippen molar-refractivity contribution < 1.29 is 14.6 Å². The monoisotopic (exact) mass is 263 g/mol. The van der Waals surface area contributed by atoms with Gasteiger partial charge in [-0.15, -0.1) is 0 Å². The van der Waals surface area contributed by atoms with Crippen LogP contribution in [0.3, 0.4) is 0 Å². The van der Waals surface area contributed by atoms with Crippen LogP contribution in [0.1, 0.15) is 35.7 Å². The minimum absolute atomic E-state index is 0.376. The molecule has 0 unspecified atom stereocenters. The van der Waals surface area contributed by atoms with Crippen LogP contribution in [0, 0.1) is 6.92 Å². The fourth-order valence-corrected chi connectivity index (χ4v) is 2.60. The maximum atomic E-state index is 11.0. The van der Waals surface area contributed by atoms with Gasteiger partial charge in [0.15, 0.2) is 0 Å². The molecule has 0 atom stereocenters. The average molecular weight is 263 g/mol. The van der Waals surface area contributed by atoms with Crippen LogP contribution in [-0.4, -0.2) is 36.9 Å². The number of carbonyl (C=O) groups is 1. The first-order valence-electron chi connectivity index (χ1n) is 6.82. The highest BCUT2D eigenvalue weighted by atomic mass is 16.5. The second-order valence-corrected chi connectivity index (χ2v) is 4.95. The molecule has 1 heterocycles. The standard InChI is InChI=1S/C15H21NO3/c1-3-19-13-6-8-16(9-7-13)12-4-5-14(15(17)18)11(2)10-12/h4-5,10,13H,3,6-9H2,1-2H3,(H,17,18). The van der Waals surface area contributed by atoms with E-state index in [9.17, 15) is 4.79 Å². The Balaban J connectivity index is 2.04. The summed E-state index contributed by atoms with van der Waals surface area (Å²) in [5, 5.41) is 9.03. The molecule has 0 aliphatic carbocycles. The zero-order valence-electron chi connectivity index (χ0n) is 11.6. The molecule has 1 aromatic rings. The summed E-state index contributed by atoms with van der Waals surface area (Å²) in [6, 6.07) is 5.56. The van der Waals surface area contributed by atoms with E-state index in [2.05, 4.69) is 4.90 Å². The summed E-state index contributed by atoms with van der Waals surface area (Å²) < 4.78 is 5.64. The molecule has 0 saturated carbocycles. The number of aryl methyl sites for hydroxylation is 1. The van der Waals surface area contributed by atoms with Gasteiger partial charge in [0.1, 0.15) is 0 Å². The largest absolute Gasteiger partial charge is 0.478 e. The van der Waals surface area contributed by atoms with Crippen molar-refractivity contribution >= 4 is 11.7 Å². The molecule has 4 heteroatoms. The Labute approximate surface area is 114 Å². The van der Waals surface area contributed by atoms with Crippen LogP contribution in [0.4, 0.5) is 5.69 Å². The number of rotatable bonds is 4. The highest BCUT2D eigenvalue weighted by Gasteiger charge is 2.20.